The molecule has 1 aliphatic heterocycles. The van der Waals surface area contributed by atoms with Gasteiger partial charge in [0.2, 0.25) is 0 Å². The lowest BCUT2D eigenvalue weighted by molar-refractivity contribution is 0.122. The zero-order valence-corrected chi connectivity index (χ0v) is 13.0. The van der Waals surface area contributed by atoms with E-state index in [1.54, 1.807) is 0 Å². The molecule has 2 fully saturated rings. The Morgan fingerprint density at radius 2 is 1.48 bits per heavy atom. The fourth-order valence-corrected chi connectivity index (χ4v) is 3.43. The third-order valence-corrected chi connectivity index (χ3v) is 4.72. The molecule has 116 valence electrons. The Morgan fingerprint density at radius 1 is 0.857 bits per heavy atom. The van der Waals surface area contributed by atoms with E-state index in [0.717, 1.165) is 26.3 Å². The van der Waals surface area contributed by atoms with Gasteiger partial charge < -0.3 is 15.0 Å². The highest BCUT2D eigenvalue weighted by molar-refractivity contribution is 5.55. The molecule has 1 saturated carbocycles. The van der Waals surface area contributed by atoms with E-state index in [1.807, 2.05) is 0 Å². The lowest BCUT2D eigenvalue weighted by Gasteiger charge is -2.29. The summed E-state index contributed by atoms with van der Waals surface area (Å²) < 4.78 is 5.41. The second-order valence-electron chi connectivity index (χ2n) is 6.33. The monoisotopic (exact) mass is 288 g/mol. The van der Waals surface area contributed by atoms with Crippen LogP contribution in [0.3, 0.4) is 0 Å². The molecule has 0 spiro atoms. The van der Waals surface area contributed by atoms with Crippen LogP contribution in [0.1, 0.15) is 44.9 Å². The smallest absolute Gasteiger partial charge is 0.0642 e. The highest BCUT2D eigenvalue weighted by Crippen LogP contribution is 2.23. The van der Waals surface area contributed by atoms with Crippen LogP contribution in [0.4, 0.5) is 11.4 Å². The summed E-state index contributed by atoms with van der Waals surface area (Å²) in [5, 5.41) is 3.74. The maximum atomic E-state index is 5.41. The number of nitrogens with one attached hydrogen (secondary N) is 1. The molecule has 3 nitrogen and oxygen atoms in total. The van der Waals surface area contributed by atoms with Crippen LogP contribution >= 0.6 is 0 Å². The van der Waals surface area contributed by atoms with Crippen LogP contribution in [-0.2, 0) is 4.74 Å². The third-order valence-electron chi connectivity index (χ3n) is 4.72. The van der Waals surface area contributed by atoms with E-state index in [-0.39, 0.29) is 0 Å². The Bertz CT molecular complexity index is 404. The number of morpholine rings is 1. The summed E-state index contributed by atoms with van der Waals surface area (Å²) in [6.07, 6.45) is 9.66. The quantitative estimate of drug-likeness (QED) is 0.908. The predicted octanol–water partition coefficient (Wildman–Crippen LogP) is 4.05. The van der Waals surface area contributed by atoms with Crippen molar-refractivity contribution in [2.75, 3.05) is 36.5 Å². The van der Waals surface area contributed by atoms with E-state index in [9.17, 15) is 0 Å². The lowest BCUT2D eigenvalue weighted by Crippen LogP contribution is -2.36. The molecule has 0 amide bonds. The number of ether oxygens (including phenoxy) is 1. The van der Waals surface area contributed by atoms with Crippen molar-refractivity contribution in [2.24, 2.45) is 0 Å². The van der Waals surface area contributed by atoms with Gasteiger partial charge in [0.25, 0.3) is 0 Å². The number of rotatable bonds is 3. The summed E-state index contributed by atoms with van der Waals surface area (Å²) in [7, 11) is 0. The first-order valence-corrected chi connectivity index (χ1v) is 8.61. The summed E-state index contributed by atoms with van der Waals surface area (Å²) in [6, 6.07) is 9.64. The minimum Gasteiger partial charge on any atom is -0.382 e. The van der Waals surface area contributed by atoms with Gasteiger partial charge in [-0.25, -0.2) is 0 Å². The van der Waals surface area contributed by atoms with Crippen LogP contribution in [0.15, 0.2) is 24.3 Å². The molecular formula is C18H28N2O. The normalized spacial score (nSPS) is 21.6. The van der Waals surface area contributed by atoms with E-state index in [0.29, 0.717) is 6.04 Å². The van der Waals surface area contributed by atoms with Gasteiger partial charge in [0, 0.05) is 30.5 Å². The van der Waals surface area contributed by atoms with Gasteiger partial charge in [-0.3, -0.25) is 0 Å². The molecule has 1 aromatic carbocycles. The molecule has 1 heterocycles. The molecule has 3 rings (SSSR count). The molecule has 1 aliphatic carbocycles. The van der Waals surface area contributed by atoms with E-state index in [2.05, 4.69) is 34.5 Å². The number of hydrogen-bond donors (Lipinski definition) is 1. The van der Waals surface area contributed by atoms with E-state index >= 15 is 0 Å². The summed E-state index contributed by atoms with van der Waals surface area (Å²) >= 11 is 0. The molecule has 3 heteroatoms. The van der Waals surface area contributed by atoms with Crippen molar-refractivity contribution in [1.29, 1.82) is 0 Å². The minimum atomic E-state index is 0.666. The van der Waals surface area contributed by atoms with Gasteiger partial charge in [0.15, 0.2) is 0 Å². The Kier molecular flexibility index (Phi) is 5.39. The maximum Gasteiger partial charge on any atom is 0.0642 e. The number of benzene rings is 1. The molecule has 0 aromatic heterocycles. The molecule has 1 N–H and O–H groups in total. The molecule has 1 saturated heterocycles. The van der Waals surface area contributed by atoms with Crippen LogP contribution in [0.25, 0.3) is 0 Å². The van der Waals surface area contributed by atoms with Gasteiger partial charge in [-0.05, 0) is 37.1 Å². The summed E-state index contributed by atoms with van der Waals surface area (Å²) in [5.74, 6) is 0. The highest BCUT2D eigenvalue weighted by Gasteiger charge is 2.13. The van der Waals surface area contributed by atoms with Gasteiger partial charge >= 0.3 is 0 Å². The molecule has 2 aliphatic rings. The fourth-order valence-electron chi connectivity index (χ4n) is 3.43. The van der Waals surface area contributed by atoms with Crippen molar-refractivity contribution < 1.29 is 4.74 Å². The summed E-state index contributed by atoms with van der Waals surface area (Å²) in [4.78, 5) is 2.41. The number of anilines is 2. The third kappa shape index (κ3) is 4.37. The van der Waals surface area contributed by atoms with Crippen molar-refractivity contribution in [3.05, 3.63) is 24.3 Å². The van der Waals surface area contributed by atoms with Gasteiger partial charge in [-0.2, -0.15) is 0 Å². The van der Waals surface area contributed by atoms with Crippen LogP contribution < -0.4 is 10.2 Å². The average molecular weight is 288 g/mol. The Morgan fingerprint density at radius 3 is 2.14 bits per heavy atom. The predicted molar refractivity (Wildman–Crippen MR) is 89.2 cm³/mol. The second kappa shape index (κ2) is 7.69. The Balaban J connectivity index is 1.55. The van der Waals surface area contributed by atoms with Crippen LogP contribution in [0.5, 0.6) is 0 Å². The topological polar surface area (TPSA) is 24.5 Å². The first-order valence-electron chi connectivity index (χ1n) is 8.61. The maximum absolute atomic E-state index is 5.41. The first kappa shape index (κ1) is 14.7. The average Bonchev–Trinajstić information content (AvgIpc) is 2.51. The van der Waals surface area contributed by atoms with Crippen LogP contribution in [0, 0.1) is 0 Å². The van der Waals surface area contributed by atoms with Crippen molar-refractivity contribution >= 4 is 11.4 Å². The molecule has 0 unspecified atom stereocenters. The van der Waals surface area contributed by atoms with Crippen LogP contribution in [0.2, 0.25) is 0 Å². The Hall–Kier alpha value is -1.22. The van der Waals surface area contributed by atoms with E-state index in [1.165, 1.54) is 56.3 Å². The Labute approximate surface area is 128 Å². The first-order chi connectivity index (χ1) is 10.4. The zero-order valence-electron chi connectivity index (χ0n) is 13.0. The molecule has 0 bridgehead atoms. The molecular weight excluding hydrogens is 260 g/mol. The second-order valence-corrected chi connectivity index (χ2v) is 6.33. The molecule has 0 radical (unpaired) electrons. The number of hydrogen-bond acceptors (Lipinski definition) is 3. The van der Waals surface area contributed by atoms with Crippen molar-refractivity contribution in [2.45, 2.75) is 51.0 Å². The molecule has 21 heavy (non-hydrogen) atoms. The highest BCUT2D eigenvalue weighted by atomic mass is 16.5. The van der Waals surface area contributed by atoms with Gasteiger partial charge in [0.1, 0.15) is 0 Å². The largest absolute Gasteiger partial charge is 0.382 e. The summed E-state index contributed by atoms with van der Waals surface area (Å²) in [6.45, 7) is 3.72. The standard InChI is InChI=1S/C18H28N2O/c1-2-4-6-16(7-5-3-1)19-17-8-10-18(11-9-17)20-12-14-21-15-13-20/h8-11,16,19H,1-7,12-15H2. The fraction of sp³-hybridized carbons (Fsp3) is 0.667. The van der Waals surface area contributed by atoms with Gasteiger partial charge in [-0.1, -0.05) is 32.1 Å². The summed E-state index contributed by atoms with van der Waals surface area (Å²) in [5.41, 5.74) is 2.60. The van der Waals surface area contributed by atoms with E-state index in [4.69, 9.17) is 4.74 Å². The van der Waals surface area contributed by atoms with Gasteiger partial charge in [-0.15, -0.1) is 0 Å². The molecule has 1 aromatic rings. The van der Waals surface area contributed by atoms with Gasteiger partial charge in [0.05, 0.1) is 13.2 Å². The van der Waals surface area contributed by atoms with Crippen molar-refractivity contribution in [3.8, 4) is 0 Å². The SMILES string of the molecule is c1cc(N2CCOCC2)ccc1NC1CCCCCCC1. The lowest BCUT2D eigenvalue weighted by atomic mass is 9.96. The van der Waals surface area contributed by atoms with Crippen molar-refractivity contribution in [1.82, 2.24) is 0 Å². The minimum absolute atomic E-state index is 0.666. The molecule has 0 atom stereocenters. The zero-order chi connectivity index (χ0) is 14.3. The number of nitrogens with zero attached hydrogens (tertiary/aromatic N) is 1. The van der Waals surface area contributed by atoms with E-state index < -0.39 is 0 Å². The van der Waals surface area contributed by atoms with Crippen LogP contribution in [-0.4, -0.2) is 32.3 Å². The van der Waals surface area contributed by atoms with Crippen molar-refractivity contribution in [3.63, 3.8) is 0 Å².